The third kappa shape index (κ3) is 4.44. The Morgan fingerprint density at radius 1 is 1.21 bits per heavy atom. The van der Waals surface area contributed by atoms with Gasteiger partial charge < -0.3 is 19.9 Å². The molecule has 0 saturated carbocycles. The van der Waals surface area contributed by atoms with Gasteiger partial charge in [0.2, 0.25) is 0 Å². The van der Waals surface area contributed by atoms with Crippen molar-refractivity contribution in [1.29, 1.82) is 0 Å². The summed E-state index contributed by atoms with van der Waals surface area (Å²) in [6.07, 6.45) is 2.11. The molecule has 2 aromatic carbocycles. The van der Waals surface area contributed by atoms with Crippen LogP contribution in [0.2, 0.25) is 5.02 Å². The summed E-state index contributed by atoms with van der Waals surface area (Å²) < 4.78 is 12.0. The minimum Gasteiger partial charge on any atom is -0.497 e. The summed E-state index contributed by atoms with van der Waals surface area (Å²) in [7, 11) is 3.06. The average molecular weight is 402 g/mol. The number of halogens is 1. The highest BCUT2D eigenvalue weighted by Crippen LogP contribution is 2.29. The molecular formula is C20H20ClN3O4. The molecule has 1 unspecified atom stereocenters. The van der Waals surface area contributed by atoms with Gasteiger partial charge in [-0.15, -0.1) is 0 Å². The Bertz CT molecular complexity index is 956. The van der Waals surface area contributed by atoms with Crippen LogP contribution in [0, 0.1) is 0 Å². The van der Waals surface area contributed by atoms with Crippen LogP contribution in [0.3, 0.4) is 0 Å². The van der Waals surface area contributed by atoms with Gasteiger partial charge in [-0.25, -0.2) is 4.68 Å². The summed E-state index contributed by atoms with van der Waals surface area (Å²) in [4.78, 5) is 12.4. The van der Waals surface area contributed by atoms with Gasteiger partial charge in [0, 0.05) is 23.3 Å². The smallest absolute Gasteiger partial charge is 0.254 e. The average Bonchev–Trinajstić information content (AvgIpc) is 3.22. The maximum atomic E-state index is 12.4. The van der Waals surface area contributed by atoms with E-state index in [-0.39, 0.29) is 12.5 Å². The van der Waals surface area contributed by atoms with E-state index in [9.17, 15) is 9.90 Å². The number of aromatic nitrogens is 2. The fourth-order valence-corrected chi connectivity index (χ4v) is 2.80. The van der Waals surface area contributed by atoms with Crippen LogP contribution < -0.4 is 14.8 Å². The molecule has 1 atom stereocenters. The number of nitrogens with zero attached hydrogens (tertiary/aromatic N) is 2. The molecule has 0 saturated heterocycles. The first-order valence-corrected chi connectivity index (χ1v) is 8.88. The van der Waals surface area contributed by atoms with Crippen molar-refractivity contribution < 1.29 is 19.4 Å². The van der Waals surface area contributed by atoms with Crippen LogP contribution in [-0.2, 0) is 0 Å². The summed E-state index contributed by atoms with van der Waals surface area (Å²) in [6, 6.07) is 12.2. The normalized spacial score (nSPS) is 11.7. The predicted octanol–water partition coefficient (Wildman–Crippen LogP) is 3.01. The van der Waals surface area contributed by atoms with Gasteiger partial charge in [-0.1, -0.05) is 11.6 Å². The van der Waals surface area contributed by atoms with Crippen LogP contribution in [0.5, 0.6) is 11.5 Å². The second-order valence-electron chi connectivity index (χ2n) is 5.98. The first kappa shape index (κ1) is 19.7. The number of ether oxygens (including phenoxy) is 2. The zero-order valence-corrected chi connectivity index (χ0v) is 16.2. The lowest BCUT2D eigenvalue weighted by atomic mass is 10.1. The predicted molar refractivity (Wildman–Crippen MR) is 105 cm³/mol. The highest BCUT2D eigenvalue weighted by Gasteiger charge is 2.17. The van der Waals surface area contributed by atoms with Crippen LogP contribution in [0.1, 0.15) is 22.0 Å². The number of methoxy groups -OCH3 is 2. The number of aliphatic hydroxyl groups is 1. The minimum absolute atomic E-state index is 0.00842. The van der Waals surface area contributed by atoms with E-state index >= 15 is 0 Å². The molecular weight excluding hydrogens is 382 g/mol. The van der Waals surface area contributed by atoms with Gasteiger partial charge in [0.15, 0.2) is 0 Å². The molecule has 2 N–H and O–H groups in total. The summed E-state index contributed by atoms with van der Waals surface area (Å²) >= 11 is 5.88. The number of amides is 1. The molecule has 0 spiro atoms. The Balaban J connectivity index is 1.67. The number of aliphatic hydroxyl groups excluding tert-OH is 1. The number of nitrogens with one attached hydrogen (secondary N) is 1. The van der Waals surface area contributed by atoms with Gasteiger partial charge in [-0.05, 0) is 42.5 Å². The Hall–Kier alpha value is -3.03. The van der Waals surface area contributed by atoms with E-state index in [0.717, 1.165) is 5.69 Å². The van der Waals surface area contributed by atoms with Gasteiger partial charge in [-0.2, -0.15) is 5.10 Å². The largest absolute Gasteiger partial charge is 0.497 e. The number of carbonyl (C=O) groups excluding carboxylic acids is 1. The molecule has 0 aliphatic carbocycles. The molecule has 146 valence electrons. The van der Waals surface area contributed by atoms with Gasteiger partial charge in [0.25, 0.3) is 5.91 Å². The number of hydrogen-bond donors (Lipinski definition) is 2. The van der Waals surface area contributed by atoms with E-state index in [4.69, 9.17) is 21.1 Å². The first-order valence-electron chi connectivity index (χ1n) is 8.50. The van der Waals surface area contributed by atoms with E-state index in [2.05, 4.69) is 10.4 Å². The zero-order chi connectivity index (χ0) is 20.1. The maximum absolute atomic E-state index is 12.4. The molecule has 0 aliphatic heterocycles. The second-order valence-corrected chi connectivity index (χ2v) is 6.42. The van der Waals surface area contributed by atoms with Gasteiger partial charge in [-0.3, -0.25) is 4.79 Å². The Labute approximate surface area is 167 Å². The van der Waals surface area contributed by atoms with E-state index in [1.165, 1.54) is 20.4 Å². The molecule has 8 heteroatoms. The van der Waals surface area contributed by atoms with Crippen LogP contribution in [0.25, 0.3) is 5.69 Å². The monoisotopic (exact) mass is 401 g/mol. The van der Waals surface area contributed by atoms with E-state index in [1.54, 1.807) is 53.3 Å². The Kier molecular flexibility index (Phi) is 6.18. The van der Waals surface area contributed by atoms with E-state index < -0.39 is 6.10 Å². The number of benzene rings is 2. The molecule has 0 radical (unpaired) electrons. The lowest BCUT2D eigenvalue weighted by molar-refractivity contribution is 0.0914. The Morgan fingerprint density at radius 3 is 2.64 bits per heavy atom. The molecule has 3 aromatic rings. The molecule has 0 bridgehead atoms. The highest BCUT2D eigenvalue weighted by atomic mass is 35.5. The number of carbonyl (C=O) groups is 1. The summed E-state index contributed by atoms with van der Waals surface area (Å²) in [6.45, 7) is 0.00842. The number of hydrogen-bond acceptors (Lipinski definition) is 5. The number of rotatable bonds is 7. The first-order chi connectivity index (χ1) is 13.5. The SMILES string of the molecule is COc1ccc(OC)c(C(O)CNC(=O)c2cnn(-c3ccc(Cl)cc3)c2)c1. The topological polar surface area (TPSA) is 85.6 Å². The Morgan fingerprint density at radius 2 is 1.96 bits per heavy atom. The molecule has 0 fully saturated rings. The molecule has 0 aliphatic rings. The van der Waals surface area contributed by atoms with E-state index in [0.29, 0.717) is 27.6 Å². The summed E-state index contributed by atoms with van der Waals surface area (Å²) in [5.74, 6) is 0.754. The lowest BCUT2D eigenvalue weighted by Gasteiger charge is -2.16. The minimum atomic E-state index is -0.958. The molecule has 1 heterocycles. The van der Waals surface area contributed by atoms with Crippen molar-refractivity contribution in [2.24, 2.45) is 0 Å². The molecule has 28 heavy (non-hydrogen) atoms. The van der Waals surface area contributed by atoms with Crippen molar-refractivity contribution in [1.82, 2.24) is 15.1 Å². The third-order valence-corrected chi connectivity index (χ3v) is 4.44. The second kappa shape index (κ2) is 8.77. The maximum Gasteiger partial charge on any atom is 0.254 e. The lowest BCUT2D eigenvalue weighted by Crippen LogP contribution is -2.28. The zero-order valence-electron chi connectivity index (χ0n) is 15.4. The van der Waals surface area contributed by atoms with Gasteiger partial charge in [0.1, 0.15) is 17.6 Å². The van der Waals surface area contributed by atoms with Crippen molar-refractivity contribution in [2.75, 3.05) is 20.8 Å². The van der Waals surface area contributed by atoms with Gasteiger partial charge in [0.05, 0.1) is 31.7 Å². The van der Waals surface area contributed by atoms with Crippen molar-refractivity contribution in [3.05, 3.63) is 71.0 Å². The van der Waals surface area contributed by atoms with Crippen molar-refractivity contribution in [3.8, 4) is 17.2 Å². The van der Waals surface area contributed by atoms with Crippen LogP contribution >= 0.6 is 11.6 Å². The molecule has 7 nitrogen and oxygen atoms in total. The molecule has 3 rings (SSSR count). The highest BCUT2D eigenvalue weighted by molar-refractivity contribution is 6.30. The quantitative estimate of drug-likeness (QED) is 0.635. The third-order valence-electron chi connectivity index (χ3n) is 4.19. The van der Waals surface area contributed by atoms with Crippen LogP contribution in [0.4, 0.5) is 0 Å². The molecule has 1 aromatic heterocycles. The van der Waals surface area contributed by atoms with Gasteiger partial charge >= 0.3 is 0 Å². The molecule has 1 amide bonds. The summed E-state index contributed by atoms with van der Waals surface area (Å²) in [5, 5.41) is 18.0. The van der Waals surface area contributed by atoms with E-state index in [1.807, 2.05) is 0 Å². The van der Waals surface area contributed by atoms with Crippen LogP contribution in [-0.4, -0.2) is 41.6 Å². The van der Waals surface area contributed by atoms with Crippen molar-refractivity contribution in [3.63, 3.8) is 0 Å². The van der Waals surface area contributed by atoms with Crippen molar-refractivity contribution in [2.45, 2.75) is 6.10 Å². The fraction of sp³-hybridized carbons (Fsp3) is 0.200. The fourth-order valence-electron chi connectivity index (χ4n) is 2.68. The standard InChI is InChI=1S/C20H20ClN3O4/c1-27-16-7-8-19(28-2)17(9-16)18(25)11-22-20(26)13-10-23-24(12-13)15-5-3-14(21)4-6-15/h3-10,12,18,25H,11H2,1-2H3,(H,22,26). The van der Waals surface area contributed by atoms with Crippen molar-refractivity contribution >= 4 is 17.5 Å². The summed E-state index contributed by atoms with van der Waals surface area (Å²) in [5.41, 5.74) is 1.68. The van der Waals surface area contributed by atoms with Crippen LogP contribution in [0.15, 0.2) is 54.9 Å².